The van der Waals surface area contributed by atoms with Crippen LogP contribution in [0, 0.1) is 10.1 Å². The predicted molar refractivity (Wildman–Crippen MR) is 70.5 cm³/mol. The van der Waals surface area contributed by atoms with Crippen molar-refractivity contribution in [1.82, 2.24) is 0 Å². The van der Waals surface area contributed by atoms with Crippen LogP contribution in [0.1, 0.15) is 6.92 Å². The molecule has 7 heteroatoms. The first-order valence-corrected chi connectivity index (χ1v) is 5.68. The lowest BCUT2D eigenvalue weighted by molar-refractivity contribution is -0.384. The molecular weight excluding hydrogens is 252 g/mol. The van der Waals surface area contributed by atoms with E-state index in [1.54, 1.807) is 20.3 Å². The van der Waals surface area contributed by atoms with E-state index >= 15 is 0 Å². The number of hydrogen-bond donors (Lipinski definition) is 1. The average Bonchev–Trinajstić information content (AvgIpc) is 2.40. The third kappa shape index (κ3) is 3.80. The molecule has 106 valence electrons. The summed E-state index contributed by atoms with van der Waals surface area (Å²) in [5.41, 5.74) is 0.616. The summed E-state index contributed by atoms with van der Waals surface area (Å²) in [7, 11) is 4.54. The minimum Gasteiger partial charge on any atom is -0.494 e. The van der Waals surface area contributed by atoms with Crippen LogP contribution in [-0.4, -0.2) is 38.6 Å². The van der Waals surface area contributed by atoms with Gasteiger partial charge in [-0.25, -0.2) is 0 Å². The molecule has 1 unspecified atom stereocenters. The highest BCUT2D eigenvalue weighted by Gasteiger charge is 2.18. The molecule has 0 radical (unpaired) electrons. The van der Waals surface area contributed by atoms with Crippen LogP contribution in [-0.2, 0) is 9.47 Å². The number of benzene rings is 1. The van der Waals surface area contributed by atoms with E-state index in [1.807, 2.05) is 6.92 Å². The number of anilines is 1. The molecule has 0 fully saturated rings. The maximum atomic E-state index is 10.7. The lowest BCUT2D eigenvalue weighted by Crippen LogP contribution is -2.33. The number of hydrogen-bond acceptors (Lipinski definition) is 6. The predicted octanol–water partition coefficient (Wildman–Crippen LogP) is 2.02. The van der Waals surface area contributed by atoms with Gasteiger partial charge in [0.2, 0.25) is 0 Å². The Morgan fingerprint density at radius 2 is 1.89 bits per heavy atom. The van der Waals surface area contributed by atoms with E-state index < -0.39 is 11.2 Å². The van der Waals surface area contributed by atoms with Crippen LogP contribution in [0.4, 0.5) is 11.4 Å². The van der Waals surface area contributed by atoms with Gasteiger partial charge in [0.15, 0.2) is 6.29 Å². The zero-order valence-corrected chi connectivity index (χ0v) is 11.4. The molecule has 0 amide bonds. The van der Waals surface area contributed by atoms with Gasteiger partial charge >= 0.3 is 0 Å². The van der Waals surface area contributed by atoms with Crippen LogP contribution >= 0.6 is 0 Å². The molecular formula is C12H18N2O5. The smallest absolute Gasteiger partial charge is 0.273 e. The van der Waals surface area contributed by atoms with Gasteiger partial charge in [0.25, 0.3) is 5.69 Å². The summed E-state index contributed by atoms with van der Waals surface area (Å²) >= 11 is 0. The van der Waals surface area contributed by atoms with Gasteiger partial charge in [0.1, 0.15) is 5.75 Å². The van der Waals surface area contributed by atoms with Crippen LogP contribution in [0.2, 0.25) is 0 Å². The minimum absolute atomic E-state index is 0.0231. The molecule has 0 aliphatic heterocycles. The standard InChI is InChI=1S/C12H18N2O5/c1-8(12(18-3)19-4)13-10-6-5-9(14(15)16)7-11(10)17-2/h5-8,12-13H,1-4H3. The maximum absolute atomic E-state index is 10.7. The largest absolute Gasteiger partial charge is 0.494 e. The van der Waals surface area contributed by atoms with Crippen LogP contribution < -0.4 is 10.1 Å². The van der Waals surface area contributed by atoms with E-state index in [9.17, 15) is 10.1 Å². The van der Waals surface area contributed by atoms with E-state index in [1.165, 1.54) is 19.2 Å². The summed E-state index contributed by atoms with van der Waals surface area (Å²) in [4.78, 5) is 10.2. The number of methoxy groups -OCH3 is 3. The monoisotopic (exact) mass is 270 g/mol. The lowest BCUT2D eigenvalue weighted by atomic mass is 10.2. The quantitative estimate of drug-likeness (QED) is 0.463. The molecule has 0 saturated heterocycles. The summed E-state index contributed by atoms with van der Waals surface area (Å²) < 4.78 is 15.4. The van der Waals surface area contributed by atoms with Crippen molar-refractivity contribution in [2.45, 2.75) is 19.3 Å². The Balaban J connectivity index is 2.91. The van der Waals surface area contributed by atoms with Gasteiger partial charge < -0.3 is 19.5 Å². The van der Waals surface area contributed by atoms with Gasteiger partial charge in [-0.3, -0.25) is 10.1 Å². The number of ether oxygens (including phenoxy) is 3. The van der Waals surface area contributed by atoms with Crippen molar-refractivity contribution >= 4 is 11.4 Å². The number of nitro benzene ring substituents is 1. The average molecular weight is 270 g/mol. The molecule has 7 nitrogen and oxygen atoms in total. The molecule has 0 aliphatic carbocycles. The lowest BCUT2D eigenvalue weighted by Gasteiger charge is -2.23. The van der Waals surface area contributed by atoms with Gasteiger partial charge in [-0.2, -0.15) is 0 Å². The topological polar surface area (TPSA) is 82.9 Å². The number of nitro groups is 1. The Labute approximate surface area is 111 Å². The normalized spacial score (nSPS) is 12.3. The van der Waals surface area contributed by atoms with Gasteiger partial charge in [-0.15, -0.1) is 0 Å². The van der Waals surface area contributed by atoms with Crippen molar-refractivity contribution in [3.05, 3.63) is 28.3 Å². The third-order valence-corrected chi connectivity index (χ3v) is 2.65. The maximum Gasteiger partial charge on any atom is 0.273 e. The van der Waals surface area contributed by atoms with E-state index in [0.717, 1.165) is 0 Å². The fourth-order valence-electron chi connectivity index (χ4n) is 1.73. The summed E-state index contributed by atoms with van der Waals surface area (Å²) in [5, 5.41) is 13.8. The fourth-order valence-corrected chi connectivity index (χ4v) is 1.73. The molecule has 0 heterocycles. The number of non-ortho nitro benzene ring substituents is 1. The minimum atomic E-state index is -0.469. The molecule has 0 aromatic heterocycles. The highest BCUT2D eigenvalue weighted by atomic mass is 16.7. The Morgan fingerprint density at radius 1 is 1.26 bits per heavy atom. The summed E-state index contributed by atoms with van der Waals surface area (Å²) in [5.74, 6) is 0.395. The second-order valence-corrected chi connectivity index (χ2v) is 3.91. The Bertz CT molecular complexity index is 434. The van der Waals surface area contributed by atoms with Crippen molar-refractivity contribution in [2.75, 3.05) is 26.6 Å². The first-order valence-electron chi connectivity index (χ1n) is 5.68. The second-order valence-electron chi connectivity index (χ2n) is 3.91. The van der Waals surface area contributed by atoms with Crippen LogP contribution in [0.15, 0.2) is 18.2 Å². The van der Waals surface area contributed by atoms with E-state index in [2.05, 4.69) is 5.32 Å². The van der Waals surface area contributed by atoms with Crippen LogP contribution in [0.5, 0.6) is 5.75 Å². The van der Waals surface area contributed by atoms with Crippen molar-refractivity contribution in [3.8, 4) is 5.75 Å². The highest BCUT2D eigenvalue weighted by Crippen LogP contribution is 2.29. The molecule has 1 aromatic rings. The summed E-state index contributed by atoms with van der Waals surface area (Å²) in [6.07, 6.45) is -0.431. The van der Waals surface area contributed by atoms with Crippen molar-refractivity contribution in [1.29, 1.82) is 0 Å². The molecule has 1 rings (SSSR count). The van der Waals surface area contributed by atoms with Crippen molar-refractivity contribution in [3.63, 3.8) is 0 Å². The summed E-state index contributed by atoms with van der Waals surface area (Å²) in [6.45, 7) is 1.87. The van der Waals surface area contributed by atoms with E-state index in [-0.39, 0.29) is 11.7 Å². The molecule has 0 spiro atoms. The zero-order valence-electron chi connectivity index (χ0n) is 11.4. The van der Waals surface area contributed by atoms with Crippen molar-refractivity contribution < 1.29 is 19.1 Å². The number of rotatable bonds is 7. The zero-order chi connectivity index (χ0) is 14.4. The molecule has 1 aromatic carbocycles. The number of nitrogens with zero attached hydrogens (tertiary/aromatic N) is 1. The van der Waals surface area contributed by atoms with Crippen molar-refractivity contribution in [2.24, 2.45) is 0 Å². The fraction of sp³-hybridized carbons (Fsp3) is 0.500. The van der Waals surface area contributed by atoms with Crippen LogP contribution in [0.25, 0.3) is 0 Å². The SMILES string of the molecule is COc1cc([N+](=O)[O-])ccc1NC(C)C(OC)OC. The molecule has 1 atom stereocenters. The molecule has 0 saturated carbocycles. The number of nitrogens with one attached hydrogen (secondary N) is 1. The molecule has 0 aliphatic rings. The first kappa shape index (κ1) is 15.2. The van der Waals surface area contributed by atoms with Gasteiger partial charge in [0.05, 0.1) is 29.8 Å². The first-order chi connectivity index (χ1) is 9.03. The van der Waals surface area contributed by atoms with Gasteiger partial charge in [-0.1, -0.05) is 0 Å². The van der Waals surface area contributed by atoms with Gasteiger partial charge in [0, 0.05) is 20.3 Å². The Kier molecular flexibility index (Phi) is 5.53. The van der Waals surface area contributed by atoms with Crippen LogP contribution in [0.3, 0.4) is 0 Å². The third-order valence-electron chi connectivity index (χ3n) is 2.65. The van der Waals surface area contributed by atoms with E-state index in [4.69, 9.17) is 14.2 Å². The second kappa shape index (κ2) is 6.91. The molecule has 1 N–H and O–H groups in total. The Hall–Kier alpha value is -1.86. The molecule has 0 bridgehead atoms. The Morgan fingerprint density at radius 3 is 2.37 bits per heavy atom. The molecule has 19 heavy (non-hydrogen) atoms. The van der Waals surface area contributed by atoms with Gasteiger partial charge in [-0.05, 0) is 13.0 Å². The highest BCUT2D eigenvalue weighted by molar-refractivity contribution is 5.61. The summed E-state index contributed by atoms with van der Waals surface area (Å²) in [6, 6.07) is 4.22. The van der Waals surface area contributed by atoms with E-state index in [0.29, 0.717) is 11.4 Å².